The molecule has 1 aromatic carbocycles. The molecule has 0 aliphatic rings. The van der Waals surface area contributed by atoms with Crippen molar-refractivity contribution in [3.63, 3.8) is 0 Å². The van der Waals surface area contributed by atoms with Crippen LogP contribution in [0.4, 0.5) is 11.5 Å². The van der Waals surface area contributed by atoms with E-state index in [4.69, 9.17) is 5.73 Å². The Bertz CT molecular complexity index is 1410. The standard InChI is InChI=1S/C21H26N6O5/c1-4-6-11-26-17(22)16(18(29)23-20(26)31)24(3)15(28)12-27-14-10-8-7-9-13(14)19(30)25(5-2)21(27)32/h7-10H,4-6,11-12,22H2,1-3H3,(H,23,29,31). The summed E-state index contributed by atoms with van der Waals surface area (Å²) in [5.74, 6) is -0.741. The number of benzene rings is 1. The molecule has 1 amide bonds. The first kappa shape index (κ1) is 22.8. The van der Waals surface area contributed by atoms with Gasteiger partial charge in [-0.1, -0.05) is 25.5 Å². The first-order chi connectivity index (χ1) is 15.2. The van der Waals surface area contributed by atoms with E-state index in [1.165, 1.54) is 16.2 Å². The van der Waals surface area contributed by atoms with Crippen LogP contribution in [-0.2, 0) is 24.4 Å². The quantitative estimate of drug-likeness (QED) is 0.530. The van der Waals surface area contributed by atoms with Crippen LogP contribution in [0.3, 0.4) is 0 Å². The molecule has 3 aromatic rings. The normalized spacial score (nSPS) is 11.1. The molecule has 11 heteroatoms. The molecule has 0 aliphatic carbocycles. The number of H-pyrrole nitrogens is 1. The molecule has 11 nitrogen and oxygen atoms in total. The number of fused-ring (bicyclic) bond motifs is 1. The highest BCUT2D eigenvalue weighted by molar-refractivity contribution is 5.95. The van der Waals surface area contributed by atoms with E-state index in [1.54, 1.807) is 31.2 Å². The largest absolute Gasteiger partial charge is 0.383 e. The summed E-state index contributed by atoms with van der Waals surface area (Å²) >= 11 is 0. The highest BCUT2D eigenvalue weighted by Crippen LogP contribution is 2.16. The van der Waals surface area contributed by atoms with Gasteiger partial charge in [0.1, 0.15) is 12.4 Å². The lowest BCUT2D eigenvalue weighted by Crippen LogP contribution is -2.44. The topological polar surface area (TPSA) is 145 Å². The van der Waals surface area contributed by atoms with Crippen molar-refractivity contribution >= 4 is 28.3 Å². The summed E-state index contributed by atoms with van der Waals surface area (Å²) in [7, 11) is 1.35. The lowest BCUT2D eigenvalue weighted by atomic mass is 10.2. The summed E-state index contributed by atoms with van der Waals surface area (Å²) in [5, 5.41) is 0.301. The van der Waals surface area contributed by atoms with Gasteiger partial charge in [0.05, 0.1) is 10.9 Å². The minimum absolute atomic E-state index is 0.126. The van der Waals surface area contributed by atoms with E-state index in [2.05, 4.69) is 4.98 Å². The van der Waals surface area contributed by atoms with Gasteiger partial charge in [-0.3, -0.25) is 33.1 Å². The van der Waals surface area contributed by atoms with Gasteiger partial charge in [0, 0.05) is 20.1 Å². The number of hydrogen-bond donors (Lipinski definition) is 2. The van der Waals surface area contributed by atoms with Crippen molar-refractivity contribution < 1.29 is 4.79 Å². The molecule has 0 bridgehead atoms. The number of nitrogens with zero attached hydrogens (tertiary/aromatic N) is 4. The zero-order chi connectivity index (χ0) is 23.6. The van der Waals surface area contributed by atoms with Crippen LogP contribution in [0.1, 0.15) is 26.7 Å². The number of aromatic amines is 1. The predicted octanol–water partition coefficient (Wildman–Crippen LogP) is 0.0784. The summed E-state index contributed by atoms with van der Waals surface area (Å²) in [6, 6.07) is 6.50. The Balaban J connectivity index is 2.09. The molecule has 0 unspecified atom stereocenters. The number of nitrogens with one attached hydrogen (secondary N) is 1. The van der Waals surface area contributed by atoms with Crippen LogP contribution >= 0.6 is 0 Å². The molecular formula is C21H26N6O5. The van der Waals surface area contributed by atoms with E-state index in [9.17, 15) is 24.0 Å². The number of carbonyl (C=O) groups is 1. The second kappa shape index (κ2) is 9.08. The van der Waals surface area contributed by atoms with Crippen LogP contribution in [0.5, 0.6) is 0 Å². The molecule has 0 saturated carbocycles. The second-order valence-electron chi connectivity index (χ2n) is 7.39. The molecule has 0 aliphatic heterocycles. The minimum atomic E-state index is -0.799. The van der Waals surface area contributed by atoms with Crippen LogP contribution in [0.15, 0.2) is 43.4 Å². The number of amides is 1. The van der Waals surface area contributed by atoms with Crippen LogP contribution in [0.2, 0.25) is 0 Å². The number of aromatic nitrogens is 4. The van der Waals surface area contributed by atoms with Crippen LogP contribution in [0.25, 0.3) is 10.9 Å². The van der Waals surface area contributed by atoms with Crippen LogP contribution in [0, 0.1) is 0 Å². The molecule has 0 atom stereocenters. The van der Waals surface area contributed by atoms with Gasteiger partial charge >= 0.3 is 11.4 Å². The van der Waals surface area contributed by atoms with E-state index in [0.29, 0.717) is 23.9 Å². The van der Waals surface area contributed by atoms with Crippen molar-refractivity contribution in [1.29, 1.82) is 0 Å². The molecule has 2 heterocycles. The Kier molecular flexibility index (Phi) is 6.47. The summed E-state index contributed by atoms with van der Waals surface area (Å²) < 4.78 is 3.45. The maximum Gasteiger partial charge on any atom is 0.331 e. The zero-order valence-corrected chi connectivity index (χ0v) is 18.3. The Morgan fingerprint density at radius 1 is 1.06 bits per heavy atom. The SMILES string of the molecule is CCCCn1c(N)c(N(C)C(=O)Cn2c(=O)n(CC)c(=O)c3ccccc32)c(=O)[nH]c1=O. The molecule has 3 rings (SSSR count). The van der Waals surface area contributed by atoms with Crippen molar-refractivity contribution in [3.05, 3.63) is 65.9 Å². The van der Waals surface area contributed by atoms with Crippen molar-refractivity contribution in [2.24, 2.45) is 0 Å². The number of rotatable bonds is 7. The van der Waals surface area contributed by atoms with Crippen molar-refractivity contribution in [2.45, 2.75) is 46.3 Å². The maximum atomic E-state index is 13.1. The Morgan fingerprint density at radius 2 is 1.75 bits per heavy atom. The zero-order valence-electron chi connectivity index (χ0n) is 18.3. The van der Waals surface area contributed by atoms with Crippen LogP contribution < -0.4 is 33.1 Å². The molecule has 2 aromatic heterocycles. The Hall–Kier alpha value is -3.89. The van der Waals surface area contributed by atoms with E-state index in [1.807, 2.05) is 6.92 Å². The highest BCUT2D eigenvalue weighted by atomic mass is 16.2. The summed E-state index contributed by atoms with van der Waals surface area (Å²) in [6.07, 6.45) is 1.46. The average molecular weight is 442 g/mol. The molecule has 0 radical (unpaired) electrons. The third kappa shape index (κ3) is 3.88. The smallest absolute Gasteiger partial charge is 0.331 e. The first-order valence-electron chi connectivity index (χ1n) is 10.3. The Labute approximate surface area is 182 Å². The van der Waals surface area contributed by atoms with Gasteiger partial charge in [0.25, 0.3) is 11.1 Å². The molecule has 0 saturated heterocycles. The van der Waals surface area contributed by atoms with Crippen molar-refractivity contribution in [1.82, 2.24) is 18.7 Å². The number of nitrogens with two attached hydrogens (primary N) is 1. The number of hydrogen-bond acceptors (Lipinski definition) is 6. The predicted molar refractivity (Wildman–Crippen MR) is 122 cm³/mol. The van der Waals surface area contributed by atoms with Gasteiger partial charge in [-0.15, -0.1) is 0 Å². The number of likely N-dealkylation sites (N-methyl/N-ethyl adjacent to an activating group) is 1. The molecule has 0 spiro atoms. The van der Waals surface area contributed by atoms with E-state index in [-0.39, 0.29) is 18.1 Å². The van der Waals surface area contributed by atoms with E-state index in [0.717, 1.165) is 15.9 Å². The highest BCUT2D eigenvalue weighted by Gasteiger charge is 2.23. The van der Waals surface area contributed by atoms with Gasteiger partial charge < -0.3 is 10.6 Å². The fourth-order valence-electron chi connectivity index (χ4n) is 3.61. The van der Waals surface area contributed by atoms with Gasteiger partial charge in [0.2, 0.25) is 5.91 Å². The molecule has 0 fully saturated rings. The number of carbonyl (C=O) groups excluding carboxylic acids is 1. The van der Waals surface area contributed by atoms with Gasteiger partial charge in [0.15, 0.2) is 5.69 Å². The number of unbranched alkanes of at least 4 members (excludes halogenated alkanes) is 1. The molecular weight excluding hydrogens is 416 g/mol. The summed E-state index contributed by atoms with van der Waals surface area (Å²) in [5.41, 5.74) is 3.70. The monoisotopic (exact) mass is 442 g/mol. The van der Waals surface area contributed by atoms with Crippen molar-refractivity contribution in [3.8, 4) is 0 Å². The first-order valence-corrected chi connectivity index (χ1v) is 10.3. The lowest BCUT2D eigenvalue weighted by molar-refractivity contribution is -0.118. The fourth-order valence-corrected chi connectivity index (χ4v) is 3.61. The third-order valence-corrected chi connectivity index (χ3v) is 5.40. The third-order valence-electron chi connectivity index (χ3n) is 5.40. The fraction of sp³-hybridized carbons (Fsp3) is 0.381. The average Bonchev–Trinajstić information content (AvgIpc) is 2.76. The molecule has 32 heavy (non-hydrogen) atoms. The van der Waals surface area contributed by atoms with Crippen LogP contribution in [-0.4, -0.2) is 31.6 Å². The van der Waals surface area contributed by atoms with Gasteiger partial charge in [-0.05, 0) is 25.5 Å². The number of para-hydroxylation sites is 1. The summed E-state index contributed by atoms with van der Waals surface area (Å²) in [6.45, 7) is 3.61. The lowest BCUT2D eigenvalue weighted by Gasteiger charge is -2.21. The van der Waals surface area contributed by atoms with E-state index < -0.39 is 34.9 Å². The number of nitrogen functional groups attached to an aromatic ring is 1. The Morgan fingerprint density at radius 3 is 2.41 bits per heavy atom. The molecule has 3 N–H and O–H groups in total. The maximum absolute atomic E-state index is 13.1. The number of anilines is 2. The van der Waals surface area contributed by atoms with E-state index >= 15 is 0 Å². The van der Waals surface area contributed by atoms with Gasteiger partial charge in [-0.25, -0.2) is 9.59 Å². The molecule has 170 valence electrons. The van der Waals surface area contributed by atoms with Crippen molar-refractivity contribution in [2.75, 3.05) is 17.7 Å². The summed E-state index contributed by atoms with van der Waals surface area (Å²) in [4.78, 5) is 66.4. The van der Waals surface area contributed by atoms with Gasteiger partial charge in [-0.2, -0.15) is 0 Å². The minimum Gasteiger partial charge on any atom is -0.383 e. The second-order valence-corrected chi connectivity index (χ2v) is 7.39.